The van der Waals surface area contributed by atoms with Gasteiger partial charge in [0.1, 0.15) is 5.82 Å². The maximum atomic E-state index is 5.09. The smallest absolute Gasteiger partial charge is 0.177 e. The van der Waals surface area contributed by atoms with Crippen molar-refractivity contribution in [2.45, 2.75) is 13.3 Å². The molecule has 1 atom stereocenters. The number of nitrogens with one attached hydrogen (secondary N) is 1. The summed E-state index contributed by atoms with van der Waals surface area (Å²) in [4.78, 5) is 11.8. The number of aromatic amines is 1. The minimum atomic E-state index is 0.468. The molecule has 0 amide bonds. The van der Waals surface area contributed by atoms with E-state index in [0.29, 0.717) is 5.92 Å². The second-order valence-electron chi connectivity index (χ2n) is 3.82. The fraction of sp³-hybridized carbons (Fsp3) is 0.455. The summed E-state index contributed by atoms with van der Waals surface area (Å²) < 4.78 is 5.09. The number of hydrogen-bond acceptors (Lipinski definition) is 3. The van der Waals surface area contributed by atoms with Crippen molar-refractivity contribution in [1.82, 2.24) is 15.0 Å². The van der Waals surface area contributed by atoms with Crippen LogP contribution < -0.4 is 0 Å². The normalized spacial score (nSPS) is 13.2. The summed E-state index contributed by atoms with van der Waals surface area (Å²) in [5.74, 6) is 1.45. The fourth-order valence-electron chi connectivity index (χ4n) is 1.67. The van der Waals surface area contributed by atoms with Gasteiger partial charge in [-0.15, -0.1) is 0 Å². The summed E-state index contributed by atoms with van der Waals surface area (Å²) in [6.07, 6.45) is 2.65. The lowest BCUT2D eigenvalue weighted by Crippen LogP contribution is -2.07. The lowest BCUT2D eigenvalue weighted by Gasteiger charge is -2.06. The summed E-state index contributed by atoms with van der Waals surface area (Å²) >= 11 is 0. The molecule has 15 heavy (non-hydrogen) atoms. The van der Waals surface area contributed by atoms with Crippen LogP contribution in [0.15, 0.2) is 18.3 Å². The van der Waals surface area contributed by atoms with E-state index in [4.69, 9.17) is 4.74 Å². The van der Waals surface area contributed by atoms with Crippen LogP contribution in [0.1, 0.15) is 12.7 Å². The number of hydrogen-bond donors (Lipinski definition) is 1. The Hall–Kier alpha value is -1.42. The molecule has 4 nitrogen and oxygen atoms in total. The molecule has 0 fully saturated rings. The van der Waals surface area contributed by atoms with Crippen LogP contribution in [0.25, 0.3) is 11.2 Å². The fourth-order valence-corrected chi connectivity index (χ4v) is 1.67. The molecular weight excluding hydrogens is 190 g/mol. The van der Waals surface area contributed by atoms with Gasteiger partial charge < -0.3 is 9.72 Å². The molecule has 2 rings (SSSR count). The predicted molar refractivity (Wildman–Crippen MR) is 58.6 cm³/mol. The lowest BCUT2D eigenvalue weighted by atomic mass is 10.1. The Labute approximate surface area is 88.7 Å². The molecule has 2 aromatic heterocycles. The van der Waals surface area contributed by atoms with Crippen molar-refractivity contribution in [1.29, 1.82) is 0 Å². The summed E-state index contributed by atoms with van der Waals surface area (Å²) in [5, 5.41) is 0. The number of imidazole rings is 1. The zero-order valence-corrected chi connectivity index (χ0v) is 9.03. The highest BCUT2D eigenvalue weighted by Gasteiger charge is 2.07. The SMILES string of the molecule is COCC(C)Cc1nc2ncccc2[nH]1. The summed E-state index contributed by atoms with van der Waals surface area (Å²) in [6.45, 7) is 2.90. The van der Waals surface area contributed by atoms with Gasteiger partial charge in [0.2, 0.25) is 0 Å². The Kier molecular flexibility index (Phi) is 2.97. The van der Waals surface area contributed by atoms with E-state index in [9.17, 15) is 0 Å². The molecule has 0 aliphatic rings. The maximum Gasteiger partial charge on any atom is 0.177 e. The minimum absolute atomic E-state index is 0.468. The van der Waals surface area contributed by atoms with Crippen molar-refractivity contribution >= 4 is 11.2 Å². The predicted octanol–water partition coefficient (Wildman–Crippen LogP) is 1.78. The molecule has 2 heterocycles. The second kappa shape index (κ2) is 4.40. The highest BCUT2D eigenvalue weighted by atomic mass is 16.5. The van der Waals surface area contributed by atoms with Crippen molar-refractivity contribution in [3.63, 3.8) is 0 Å². The third-order valence-electron chi connectivity index (χ3n) is 2.30. The Bertz CT molecular complexity index is 405. The van der Waals surface area contributed by atoms with Crippen LogP contribution in [0.3, 0.4) is 0 Å². The Morgan fingerprint density at radius 2 is 2.40 bits per heavy atom. The van der Waals surface area contributed by atoms with E-state index in [1.165, 1.54) is 0 Å². The first-order chi connectivity index (χ1) is 7.29. The first-order valence-corrected chi connectivity index (χ1v) is 5.08. The molecule has 1 N–H and O–H groups in total. The van der Waals surface area contributed by atoms with Gasteiger partial charge in [-0.3, -0.25) is 0 Å². The number of H-pyrrole nitrogens is 1. The monoisotopic (exact) mass is 205 g/mol. The van der Waals surface area contributed by atoms with Crippen LogP contribution in [-0.4, -0.2) is 28.7 Å². The Morgan fingerprint density at radius 1 is 1.53 bits per heavy atom. The van der Waals surface area contributed by atoms with E-state index in [2.05, 4.69) is 21.9 Å². The van der Waals surface area contributed by atoms with Crippen molar-refractivity contribution < 1.29 is 4.74 Å². The molecule has 0 saturated carbocycles. The third-order valence-corrected chi connectivity index (χ3v) is 2.30. The molecule has 0 radical (unpaired) electrons. The average molecular weight is 205 g/mol. The van der Waals surface area contributed by atoms with Crippen LogP contribution in [0, 0.1) is 5.92 Å². The highest BCUT2D eigenvalue weighted by molar-refractivity contribution is 5.69. The molecule has 1 unspecified atom stereocenters. The van der Waals surface area contributed by atoms with Gasteiger partial charge in [-0.1, -0.05) is 6.92 Å². The highest BCUT2D eigenvalue weighted by Crippen LogP contribution is 2.11. The number of fused-ring (bicyclic) bond motifs is 1. The van der Waals surface area contributed by atoms with Crippen LogP contribution >= 0.6 is 0 Å². The molecule has 0 saturated heterocycles. The molecule has 0 bridgehead atoms. The minimum Gasteiger partial charge on any atom is -0.384 e. The molecule has 0 aromatic carbocycles. The van der Waals surface area contributed by atoms with Gasteiger partial charge >= 0.3 is 0 Å². The van der Waals surface area contributed by atoms with Crippen LogP contribution in [-0.2, 0) is 11.2 Å². The quantitative estimate of drug-likeness (QED) is 0.827. The molecule has 2 aromatic rings. The van der Waals surface area contributed by atoms with Gasteiger partial charge in [0.15, 0.2) is 5.65 Å². The Balaban J connectivity index is 2.15. The zero-order valence-electron chi connectivity index (χ0n) is 9.03. The van der Waals surface area contributed by atoms with Crippen molar-refractivity contribution in [2.75, 3.05) is 13.7 Å². The summed E-state index contributed by atoms with van der Waals surface area (Å²) in [7, 11) is 1.72. The van der Waals surface area contributed by atoms with E-state index in [1.54, 1.807) is 13.3 Å². The van der Waals surface area contributed by atoms with Crippen molar-refractivity contribution in [3.8, 4) is 0 Å². The van der Waals surface area contributed by atoms with E-state index >= 15 is 0 Å². The lowest BCUT2D eigenvalue weighted by molar-refractivity contribution is 0.159. The van der Waals surface area contributed by atoms with Crippen LogP contribution in [0.5, 0.6) is 0 Å². The van der Waals surface area contributed by atoms with Crippen LogP contribution in [0.2, 0.25) is 0 Å². The molecule has 80 valence electrons. The molecule has 0 spiro atoms. The van der Waals surface area contributed by atoms with E-state index in [0.717, 1.165) is 30.0 Å². The molecular formula is C11H15N3O. The largest absolute Gasteiger partial charge is 0.384 e. The second-order valence-corrected chi connectivity index (χ2v) is 3.82. The van der Waals surface area contributed by atoms with Crippen molar-refractivity contribution in [3.05, 3.63) is 24.2 Å². The third kappa shape index (κ3) is 2.33. The number of rotatable bonds is 4. The van der Waals surface area contributed by atoms with Gasteiger partial charge in [-0.25, -0.2) is 9.97 Å². The first-order valence-electron chi connectivity index (χ1n) is 5.08. The molecule has 4 heteroatoms. The average Bonchev–Trinajstić information content (AvgIpc) is 2.59. The maximum absolute atomic E-state index is 5.09. The van der Waals surface area contributed by atoms with Gasteiger partial charge in [-0.05, 0) is 18.1 Å². The van der Waals surface area contributed by atoms with Gasteiger partial charge in [0.25, 0.3) is 0 Å². The van der Waals surface area contributed by atoms with Gasteiger partial charge in [-0.2, -0.15) is 0 Å². The molecule has 0 aliphatic heterocycles. The summed E-state index contributed by atoms with van der Waals surface area (Å²) in [5.41, 5.74) is 1.79. The standard InChI is InChI=1S/C11H15N3O/c1-8(7-15-2)6-10-13-9-4-3-5-12-11(9)14-10/h3-5,8H,6-7H2,1-2H3,(H,12,13,14). The number of nitrogens with zero attached hydrogens (tertiary/aromatic N) is 2. The number of pyridine rings is 1. The number of ether oxygens (including phenoxy) is 1. The van der Waals surface area contributed by atoms with Crippen molar-refractivity contribution in [2.24, 2.45) is 5.92 Å². The molecule has 0 aliphatic carbocycles. The number of methoxy groups -OCH3 is 1. The topological polar surface area (TPSA) is 50.8 Å². The van der Waals surface area contributed by atoms with Crippen LogP contribution in [0.4, 0.5) is 0 Å². The van der Waals surface area contributed by atoms with Gasteiger partial charge in [0, 0.05) is 26.3 Å². The van der Waals surface area contributed by atoms with E-state index in [1.807, 2.05) is 12.1 Å². The van der Waals surface area contributed by atoms with E-state index in [-0.39, 0.29) is 0 Å². The summed E-state index contributed by atoms with van der Waals surface area (Å²) in [6, 6.07) is 3.89. The van der Waals surface area contributed by atoms with E-state index < -0.39 is 0 Å². The first kappa shape index (κ1) is 10.1. The number of aromatic nitrogens is 3. The van der Waals surface area contributed by atoms with Gasteiger partial charge in [0.05, 0.1) is 5.52 Å². The zero-order chi connectivity index (χ0) is 10.7. The Morgan fingerprint density at radius 3 is 3.13 bits per heavy atom.